The first kappa shape index (κ1) is 8.12. The number of amides is 2. The molecular weight excluding hydrogens is 162 g/mol. The number of hydrazine groups is 1. The molecule has 1 heterocycles. The summed E-state index contributed by atoms with van der Waals surface area (Å²) in [6.07, 6.45) is 1.83. The molecule has 6 nitrogen and oxygen atoms in total. The van der Waals surface area contributed by atoms with E-state index in [1.807, 2.05) is 0 Å². The number of carbonyl (C=O) groups excluding carboxylic acids is 2. The van der Waals surface area contributed by atoms with Crippen LogP contribution < -0.4 is 16.6 Å². The summed E-state index contributed by atoms with van der Waals surface area (Å²) >= 11 is 0. The van der Waals surface area contributed by atoms with Gasteiger partial charge in [0.15, 0.2) is 12.0 Å². The molecule has 0 fully saturated rings. The van der Waals surface area contributed by atoms with Gasteiger partial charge in [0.2, 0.25) is 0 Å². The number of hydrogen-bond acceptors (Lipinski definition) is 4. The molecule has 0 atom stereocenters. The standard InChI is InChI=1S/C6H7N3O3/c7-6(11)9-8-4-1-2-12-5(4)3-10/h1-3,8H,(H3,7,9,11). The number of anilines is 1. The topological polar surface area (TPSA) is 97.4 Å². The third-order valence-electron chi connectivity index (χ3n) is 1.12. The van der Waals surface area contributed by atoms with Crippen molar-refractivity contribution in [1.82, 2.24) is 5.43 Å². The van der Waals surface area contributed by atoms with Gasteiger partial charge in [-0.2, -0.15) is 0 Å². The van der Waals surface area contributed by atoms with Gasteiger partial charge in [0, 0.05) is 6.07 Å². The van der Waals surface area contributed by atoms with Crippen LogP contribution in [0.2, 0.25) is 0 Å². The number of nitrogens with two attached hydrogens (primary N) is 1. The molecule has 64 valence electrons. The van der Waals surface area contributed by atoms with E-state index in [1.165, 1.54) is 12.3 Å². The second-order valence-electron chi connectivity index (χ2n) is 1.93. The Morgan fingerprint density at radius 2 is 2.42 bits per heavy atom. The molecule has 0 aliphatic carbocycles. The van der Waals surface area contributed by atoms with Crippen molar-refractivity contribution in [2.75, 3.05) is 5.43 Å². The Kier molecular flexibility index (Phi) is 2.32. The minimum Gasteiger partial charge on any atom is -0.459 e. The minimum atomic E-state index is -0.743. The third-order valence-corrected chi connectivity index (χ3v) is 1.12. The van der Waals surface area contributed by atoms with Gasteiger partial charge in [-0.1, -0.05) is 0 Å². The van der Waals surface area contributed by atoms with Crippen molar-refractivity contribution in [2.45, 2.75) is 0 Å². The fourth-order valence-corrected chi connectivity index (χ4v) is 0.644. The lowest BCUT2D eigenvalue weighted by atomic mass is 10.4. The Bertz CT molecular complexity index is 294. The van der Waals surface area contributed by atoms with E-state index in [9.17, 15) is 9.59 Å². The van der Waals surface area contributed by atoms with Crippen LogP contribution in [0.15, 0.2) is 16.7 Å². The monoisotopic (exact) mass is 169 g/mol. The zero-order chi connectivity index (χ0) is 8.97. The lowest BCUT2D eigenvalue weighted by Crippen LogP contribution is -2.34. The number of urea groups is 1. The number of primary amides is 1. The number of aldehydes is 1. The molecule has 0 aliphatic heterocycles. The van der Waals surface area contributed by atoms with Gasteiger partial charge in [-0.3, -0.25) is 15.6 Å². The van der Waals surface area contributed by atoms with Crippen molar-refractivity contribution in [2.24, 2.45) is 5.73 Å². The Hall–Kier alpha value is -1.98. The van der Waals surface area contributed by atoms with Gasteiger partial charge in [-0.25, -0.2) is 4.79 Å². The average molecular weight is 169 g/mol. The van der Waals surface area contributed by atoms with Crippen LogP contribution in [-0.4, -0.2) is 12.3 Å². The molecule has 1 aromatic heterocycles. The summed E-state index contributed by atoms with van der Waals surface area (Å²) in [6.45, 7) is 0. The van der Waals surface area contributed by atoms with Crippen LogP contribution >= 0.6 is 0 Å². The molecule has 0 aliphatic rings. The van der Waals surface area contributed by atoms with E-state index in [-0.39, 0.29) is 5.76 Å². The van der Waals surface area contributed by atoms with Crippen molar-refractivity contribution in [3.05, 3.63) is 18.1 Å². The summed E-state index contributed by atoms with van der Waals surface area (Å²) in [5.74, 6) is 0.101. The molecule has 6 heteroatoms. The summed E-state index contributed by atoms with van der Waals surface area (Å²) < 4.78 is 4.72. The molecule has 1 rings (SSSR count). The van der Waals surface area contributed by atoms with Crippen molar-refractivity contribution < 1.29 is 14.0 Å². The Morgan fingerprint density at radius 3 is 3.00 bits per heavy atom. The molecular formula is C6H7N3O3. The highest BCUT2D eigenvalue weighted by molar-refractivity contribution is 5.81. The Morgan fingerprint density at radius 1 is 1.67 bits per heavy atom. The fourth-order valence-electron chi connectivity index (χ4n) is 0.644. The zero-order valence-electron chi connectivity index (χ0n) is 6.03. The van der Waals surface area contributed by atoms with E-state index < -0.39 is 6.03 Å². The van der Waals surface area contributed by atoms with Crippen molar-refractivity contribution in [3.63, 3.8) is 0 Å². The Balaban J connectivity index is 2.62. The molecule has 1 aromatic rings. The van der Waals surface area contributed by atoms with Gasteiger partial charge in [0.05, 0.1) is 6.26 Å². The highest BCUT2D eigenvalue weighted by atomic mass is 16.3. The first-order valence-electron chi connectivity index (χ1n) is 3.08. The van der Waals surface area contributed by atoms with Gasteiger partial charge < -0.3 is 10.2 Å². The minimum absolute atomic E-state index is 0.101. The maximum Gasteiger partial charge on any atom is 0.330 e. The maximum atomic E-state index is 10.3. The van der Waals surface area contributed by atoms with E-state index in [1.54, 1.807) is 0 Å². The predicted molar refractivity (Wildman–Crippen MR) is 40.4 cm³/mol. The van der Waals surface area contributed by atoms with E-state index in [4.69, 9.17) is 10.2 Å². The third kappa shape index (κ3) is 1.75. The van der Waals surface area contributed by atoms with Crippen LogP contribution in [-0.2, 0) is 0 Å². The second-order valence-corrected chi connectivity index (χ2v) is 1.93. The molecule has 0 unspecified atom stereocenters. The van der Waals surface area contributed by atoms with Crippen LogP contribution in [0.5, 0.6) is 0 Å². The molecule has 2 amide bonds. The quantitative estimate of drug-likeness (QED) is 0.441. The molecule has 0 aromatic carbocycles. The number of nitrogens with one attached hydrogen (secondary N) is 2. The summed E-state index contributed by atoms with van der Waals surface area (Å²) in [5.41, 5.74) is 9.62. The maximum absolute atomic E-state index is 10.3. The molecule has 0 saturated heterocycles. The van der Waals surface area contributed by atoms with Crippen LogP contribution in [0.3, 0.4) is 0 Å². The molecule has 0 spiro atoms. The van der Waals surface area contributed by atoms with Crippen LogP contribution in [0.4, 0.5) is 10.5 Å². The molecule has 4 N–H and O–H groups in total. The summed E-state index contributed by atoms with van der Waals surface area (Å²) in [7, 11) is 0. The first-order valence-corrected chi connectivity index (χ1v) is 3.08. The van der Waals surface area contributed by atoms with Gasteiger partial charge in [-0.05, 0) is 0 Å². The lowest BCUT2D eigenvalue weighted by Gasteiger charge is -2.01. The number of furan rings is 1. The van der Waals surface area contributed by atoms with Crippen LogP contribution in [0, 0.1) is 0 Å². The normalized spacial score (nSPS) is 9.00. The summed E-state index contributed by atoms with van der Waals surface area (Å²) in [5, 5.41) is 0. The highest BCUT2D eigenvalue weighted by Crippen LogP contribution is 2.12. The summed E-state index contributed by atoms with van der Waals surface area (Å²) in [6, 6.07) is 0.743. The van der Waals surface area contributed by atoms with Crippen LogP contribution in [0.1, 0.15) is 10.6 Å². The van der Waals surface area contributed by atoms with E-state index in [0.717, 1.165) is 0 Å². The summed E-state index contributed by atoms with van der Waals surface area (Å²) in [4.78, 5) is 20.5. The van der Waals surface area contributed by atoms with Crippen molar-refractivity contribution in [3.8, 4) is 0 Å². The molecule has 0 radical (unpaired) electrons. The predicted octanol–water partition coefficient (Wildman–Crippen LogP) is 0.0873. The van der Waals surface area contributed by atoms with E-state index in [0.29, 0.717) is 12.0 Å². The van der Waals surface area contributed by atoms with Crippen molar-refractivity contribution >= 4 is 18.0 Å². The first-order chi connectivity index (χ1) is 5.74. The van der Waals surface area contributed by atoms with Crippen LogP contribution in [0.25, 0.3) is 0 Å². The van der Waals surface area contributed by atoms with Gasteiger partial charge in [0.1, 0.15) is 5.69 Å². The Labute approximate surface area is 67.7 Å². The van der Waals surface area contributed by atoms with E-state index >= 15 is 0 Å². The number of rotatable bonds is 3. The largest absolute Gasteiger partial charge is 0.459 e. The molecule has 0 bridgehead atoms. The fraction of sp³-hybridized carbons (Fsp3) is 0. The molecule has 0 saturated carbocycles. The molecule has 12 heavy (non-hydrogen) atoms. The number of carbonyl (C=O) groups is 2. The number of hydrogen-bond donors (Lipinski definition) is 3. The SMILES string of the molecule is NC(=O)NNc1ccoc1C=O. The van der Waals surface area contributed by atoms with Crippen molar-refractivity contribution in [1.29, 1.82) is 0 Å². The highest BCUT2D eigenvalue weighted by Gasteiger charge is 2.03. The smallest absolute Gasteiger partial charge is 0.330 e. The average Bonchev–Trinajstić information content (AvgIpc) is 2.47. The zero-order valence-corrected chi connectivity index (χ0v) is 6.03. The second kappa shape index (κ2) is 3.42. The lowest BCUT2D eigenvalue weighted by molar-refractivity contribution is 0.110. The van der Waals surface area contributed by atoms with E-state index in [2.05, 4.69) is 10.9 Å². The van der Waals surface area contributed by atoms with Gasteiger partial charge in [0.25, 0.3) is 0 Å². The van der Waals surface area contributed by atoms with Gasteiger partial charge in [-0.15, -0.1) is 0 Å². The van der Waals surface area contributed by atoms with Gasteiger partial charge >= 0.3 is 6.03 Å².